The highest BCUT2D eigenvalue weighted by Crippen LogP contribution is 2.17. The molecule has 0 saturated heterocycles. The average molecular weight is 185 g/mol. The smallest absolute Gasteiger partial charge is 0.238 e. The van der Waals surface area contributed by atoms with Gasteiger partial charge in [-0.3, -0.25) is 4.79 Å². The van der Waals surface area contributed by atoms with Crippen molar-refractivity contribution in [1.82, 2.24) is 10.2 Å². The second-order valence-corrected chi connectivity index (χ2v) is 4.05. The van der Waals surface area contributed by atoms with Crippen LogP contribution in [0.5, 0.6) is 0 Å². The molecule has 0 bridgehead atoms. The molecule has 0 spiro atoms. The molecule has 13 heavy (non-hydrogen) atoms. The Balaban J connectivity index is 2.25. The fourth-order valence-corrected chi connectivity index (χ4v) is 1.61. The van der Waals surface area contributed by atoms with Gasteiger partial charge in [0.2, 0.25) is 5.91 Å². The predicted octanol–water partition coefficient (Wildman–Crippen LogP) is -0.458. The van der Waals surface area contributed by atoms with E-state index in [9.17, 15) is 4.79 Å². The van der Waals surface area contributed by atoms with Crippen molar-refractivity contribution in [2.45, 2.75) is 37.9 Å². The molecule has 1 aliphatic rings. The van der Waals surface area contributed by atoms with Crippen molar-refractivity contribution in [1.29, 1.82) is 0 Å². The van der Waals surface area contributed by atoms with Gasteiger partial charge in [-0.05, 0) is 19.8 Å². The molecule has 1 unspecified atom stereocenters. The Morgan fingerprint density at radius 3 is 2.46 bits per heavy atom. The fourth-order valence-electron chi connectivity index (χ4n) is 1.61. The van der Waals surface area contributed by atoms with Gasteiger partial charge in [0.25, 0.3) is 0 Å². The van der Waals surface area contributed by atoms with Crippen molar-refractivity contribution in [2.75, 3.05) is 14.1 Å². The van der Waals surface area contributed by atoms with Gasteiger partial charge in [0, 0.05) is 26.2 Å². The molecular formula is C9H19N3O. The van der Waals surface area contributed by atoms with Crippen molar-refractivity contribution in [2.24, 2.45) is 5.73 Å². The first-order valence-electron chi connectivity index (χ1n) is 4.73. The molecule has 0 aromatic carbocycles. The Labute approximate surface area is 79.5 Å². The average Bonchev–Trinajstić information content (AvgIpc) is 2.00. The van der Waals surface area contributed by atoms with Crippen LogP contribution in [-0.2, 0) is 4.79 Å². The number of hydrogen-bond acceptors (Lipinski definition) is 3. The minimum Gasteiger partial charge on any atom is -0.347 e. The zero-order chi connectivity index (χ0) is 10.0. The second-order valence-electron chi connectivity index (χ2n) is 4.05. The van der Waals surface area contributed by atoms with E-state index in [1.165, 1.54) is 0 Å². The Hall–Kier alpha value is -0.610. The van der Waals surface area contributed by atoms with Gasteiger partial charge in [0.1, 0.15) is 0 Å². The Bertz CT molecular complexity index is 187. The zero-order valence-corrected chi connectivity index (χ0v) is 8.58. The first-order valence-corrected chi connectivity index (χ1v) is 4.73. The quantitative estimate of drug-likeness (QED) is 0.625. The van der Waals surface area contributed by atoms with Crippen LogP contribution in [-0.4, -0.2) is 43.0 Å². The zero-order valence-electron chi connectivity index (χ0n) is 8.58. The van der Waals surface area contributed by atoms with E-state index >= 15 is 0 Å². The topological polar surface area (TPSA) is 58.4 Å². The number of hydrogen-bond donors (Lipinski definition) is 2. The lowest BCUT2D eigenvalue weighted by molar-refractivity contribution is -0.130. The summed E-state index contributed by atoms with van der Waals surface area (Å²) < 4.78 is 0. The van der Waals surface area contributed by atoms with Gasteiger partial charge in [0.15, 0.2) is 0 Å². The Kier molecular flexibility index (Phi) is 3.27. The number of amides is 1. The molecule has 76 valence electrons. The lowest BCUT2D eigenvalue weighted by Gasteiger charge is -2.35. The van der Waals surface area contributed by atoms with E-state index in [1.807, 2.05) is 6.92 Å². The van der Waals surface area contributed by atoms with E-state index in [0.29, 0.717) is 12.1 Å². The van der Waals surface area contributed by atoms with Crippen molar-refractivity contribution < 1.29 is 4.79 Å². The summed E-state index contributed by atoms with van der Waals surface area (Å²) in [4.78, 5) is 13.0. The van der Waals surface area contributed by atoms with E-state index in [-0.39, 0.29) is 11.9 Å². The van der Waals surface area contributed by atoms with Crippen LogP contribution in [0.1, 0.15) is 19.8 Å². The third-order valence-electron chi connectivity index (χ3n) is 2.47. The van der Waals surface area contributed by atoms with Crippen LogP contribution in [0.3, 0.4) is 0 Å². The highest BCUT2D eigenvalue weighted by Gasteiger charge is 2.28. The molecule has 4 nitrogen and oxygen atoms in total. The number of rotatable bonds is 3. The molecule has 0 aromatic heterocycles. The van der Waals surface area contributed by atoms with Crippen molar-refractivity contribution in [3.8, 4) is 0 Å². The number of carbonyl (C=O) groups excluding carboxylic acids is 1. The van der Waals surface area contributed by atoms with E-state index in [4.69, 9.17) is 5.73 Å². The summed E-state index contributed by atoms with van der Waals surface area (Å²) in [5, 5.41) is 3.26. The van der Waals surface area contributed by atoms with Gasteiger partial charge in [0.05, 0.1) is 6.04 Å². The van der Waals surface area contributed by atoms with Crippen LogP contribution < -0.4 is 11.1 Å². The molecular weight excluding hydrogens is 166 g/mol. The maximum Gasteiger partial charge on any atom is 0.238 e. The normalized spacial score (nSPS) is 29.2. The molecule has 1 saturated carbocycles. The van der Waals surface area contributed by atoms with Gasteiger partial charge in [-0.2, -0.15) is 0 Å². The van der Waals surface area contributed by atoms with Gasteiger partial charge in [-0.25, -0.2) is 0 Å². The van der Waals surface area contributed by atoms with E-state index < -0.39 is 0 Å². The van der Waals surface area contributed by atoms with Crippen molar-refractivity contribution in [3.63, 3.8) is 0 Å². The van der Waals surface area contributed by atoms with Crippen molar-refractivity contribution in [3.05, 3.63) is 0 Å². The molecule has 1 amide bonds. The Morgan fingerprint density at radius 1 is 1.54 bits per heavy atom. The van der Waals surface area contributed by atoms with Crippen LogP contribution in [0.15, 0.2) is 0 Å². The van der Waals surface area contributed by atoms with Crippen LogP contribution in [0.2, 0.25) is 0 Å². The highest BCUT2D eigenvalue weighted by atomic mass is 16.2. The van der Waals surface area contributed by atoms with Gasteiger partial charge in [-0.1, -0.05) is 0 Å². The molecule has 3 N–H and O–H groups in total. The van der Waals surface area contributed by atoms with Crippen molar-refractivity contribution >= 4 is 5.91 Å². The summed E-state index contributed by atoms with van der Waals surface area (Å²) in [6.45, 7) is 1.90. The van der Waals surface area contributed by atoms with Gasteiger partial charge in [-0.15, -0.1) is 0 Å². The summed E-state index contributed by atoms with van der Waals surface area (Å²) in [6.07, 6.45) is 1.98. The molecule has 0 heterocycles. The maximum absolute atomic E-state index is 11.4. The van der Waals surface area contributed by atoms with Crippen LogP contribution >= 0.6 is 0 Å². The summed E-state index contributed by atoms with van der Waals surface area (Å²) in [5.41, 5.74) is 5.65. The predicted molar refractivity (Wildman–Crippen MR) is 52.3 cm³/mol. The van der Waals surface area contributed by atoms with E-state index in [2.05, 4.69) is 5.32 Å². The van der Waals surface area contributed by atoms with E-state index in [0.717, 1.165) is 12.8 Å². The molecule has 1 atom stereocenters. The maximum atomic E-state index is 11.4. The summed E-state index contributed by atoms with van der Waals surface area (Å²) in [7, 11) is 3.54. The molecule has 0 aliphatic heterocycles. The SMILES string of the molecule is CC(NC1CC(N)C1)C(=O)N(C)C. The molecule has 0 aromatic rings. The molecule has 1 aliphatic carbocycles. The Morgan fingerprint density at radius 2 is 2.08 bits per heavy atom. The monoisotopic (exact) mass is 185 g/mol. The third kappa shape index (κ3) is 2.67. The van der Waals surface area contributed by atoms with Crippen LogP contribution in [0.4, 0.5) is 0 Å². The summed E-state index contributed by atoms with van der Waals surface area (Å²) >= 11 is 0. The minimum atomic E-state index is -0.0903. The van der Waals surface area contributed by atoms with Gasteiger partial charge >= 0.3 is 0 Å². The highest BCUT2D eigenvalue weighted by molar-refractivity contribution is 5.80. The third-order valence-corrected chi connectivity index (χ3v) is 2.47. The summed E-state index contributed by atoms with van der Waals surface area (Å²) in [6, 6.07) is 0.681. The van der Waals surface area contributed by atoms with Gasteiger partial charge < -0.3 is 16.0 Å². The van der Waals surface area contributed by atoms with Crippen LogP contribution in [0.25, 0.3) is 0 Å². The second kappa shape index (κ2) is 4.07. The number of nitrogens with two attached hydrogens (primary N) is 1. The number of nitrogens with zero attached hydrogens (tertiary/aromatic N) is 1. The van der Waals surface area contributed by atoms with E-state index in [1.54, 1.807) is 19.0 Å². The first kappa shape index (κ1) is 10.5. The fraction of sp³-hybridized carbons (Fsp3) is 0.889. The standard InChI is InChI=1S/C9H19N3O/c1-6(9(13)12(2)3)11-8-4-7(10)5-8/h6-8,11H,4-5,10H2,1-3H3. The molecule has 4 heteroatoms. The largest absolute Gasteiger partial charge is 0.347 e. The minimum absolute atomic E-state index is 0.0903. The van der Waals surface area contributed by atoms with Crippen LogP contribution in [0, 0.1) is 0 Å². The lowest BCUT2D eigenvalue weighted by atomic mass is 9.87. The molecule has 1 rings (SSSR count). The number of nitrogens with one attached hydrogen (secondary N) is 1. The summed E-state index contributed by atoms with van der Waals surface area (Å²) in [5.74, 6) is 0.125. The lowest BCUT2D eigenvalue weighted by Crippen LogP contribution is -2.54. The number of carbonyl (C=O) groups is 1. The number of likely N-dealkylation sites (N-methyl/N-ethyl adjacent to an activating group) is 1. The molecule has 0 radical (unpaired) electrons. The first-order chi connectivity index (χ1) is 6.00. The molecule has 1 fully saturated rings.